The number of carbonyl (C=O) groups excluding carboxylic acids is 1. The molecule has 2 aromatic carbocycles. The van der Waals surface area contributed by atoms with Crippen molar-refractivity contribution in [1.82, 2.24) is 15.0 Å². The van der Waals surface area contributed by atoms with Crippen LogP contribution in [0.5, 0.6) is 0 Å². The molecule has 1 aliphatic heterocycles. The molecule has 1 amide bonds. The molecule has 0 bridgehead atoms. The highest BCUT2D eigenvalue weighted by Crippen LogP contribution is 2.40. The van der Waals surface area contributed by atoms with Crippen molar-refractivity contribution in [2.24, 2.45) is 0 Å². The van der Waals surface area contributed by atoms with Crippen LogP contribution in [0.1, 0.15) is 74.9 Å². The molecule has 0 radical (unpaired) electrons. The van der Waals surface area contributed by atoms with Crippen LogP contribution in [0.2, 0.25) is 0 Å². The summed E-state index contributed by atoms with van der Waals surface area (Å²) in [6.07, 6.45) is 9.22. The molecule has 2 heterocycles. The van der Waals surface area contributed by atoms with E-state index in [1.165, 1.54) is 58.7 Å². The average molecular weight is 521 g/mol. The van der Waals surface area contributed by atoms with Gasteiger partial charge in [-0.25, -0.2) is 4.98 Å². The van der Waals surface area contributed by atoms with Crippen LogP contribution in [-0.4, -0.2) is 22.5 Å². The first-order valence-electron chi connectivity index (χ1n) is 13.0. The van der Waals surface area contributed by atoms with Gasteiger partial charge in [0, 0.05) is 40.3 Å². The van der Waals surface area contributed by atoms with Gasteiger partial charge in [0.05, 0.1) is 15.9 Å². The van der Waals surface area contributed by atoms with E-state index in [9.17, 15) is 4.79 Å². The van der Waals surface area contributed by atoms with Crippen molar-refractivity contribution in [3.8, 4) is 10.4 Å². The van der Waals surface area contributed by atoms with Gasteiger partial charge < -0.3 is 10.6 Å². The quantitative estimate of drug-likeness (QED) is 0.308. The Bertz CT molecular complexity index is 1210. The van der Waals surface area contributed by atoms with E-state index in [2.05, 4.69) is 66.5 Å². The van der Waals surface area contributed by atoms with E-state index in [1.54, 1.807) is 11.9 Å². The van der Waals surface area contributed by atoms with Crippen molar-refractivity contribution >= 4 is 34.9 Å². The summed E-state index contributed by atoms with van der Waals surface area (Å²) in [7, 11) is 0. The number of hydrogen-bond acceptors (Lipinski definition) is 6. The third kappa shape index (κ3) is 6.20. The molecule has 7 heteroatoms. The Morgan fingerprint density at radius 1 is 1.08 bits per heavy atom. The van der Waals surface area contributed by atoms with Crippen molar-refractivity contribution in [3.05, 3.63) is 64.8 Å². The summed E-state index contributed by atoms with van der Waals surface area (Å²) >= 11 is 3.45. The average Bonchev–Trinajstić information content (AvgIpc) is 3.37. The van der Waals surface area contributed by atoms with Crippen LogP contribution in [0.25, 0.3) is 10.4 Å². The number of amides is 1. The highest BCUT2D eigenvalue weighted by Gasteiger charge is 2.25. The molecule has 5 nitrogen and oxygen atoms in total. The highest BCUT2D eigenvalue weighted by molar-refractivity contribution is 7.97. The summed E-state index contributed by atoms with van der Waals surface area (Å²) < 4.78 is 3.55. The van der Waals surface area contributed by atoms with Crippen molar-refractivity contribution in [1.29, 1.82) is 0 Å². The number of thiazole rings is 1. The number of rotatable bonds is 6. The molecule has 0 spiro atoms. The summed E-state index contributed by atoms with van der Waals surface area (Å²) in [5.74, 6) is 0.613. The van der Waals surface area contributed by atoms with Gasteiger partial charge in [0.2, 0.25) is 5.91 Å². The van der Waals surface area contributed by atoms with Crippen LogP contribution >= 0.6 is 23.3 Å². The first kappa shape index (κ1) is 25.5. The number of carbonyl (C=O) groups is 1. The molecule has 3 aromatic rings. The number of nitrogens with one attached hydrogen (secondary N) is 3. The van der Waals surface area contributed by atoms with Gasteiger partial charge in [0.1, 0.15) is 0 Å². The van der Waals surface area contributed by atoms with Gasteiger partial charge in [0.25, 0.3) is 0 Å². The van der Waals surface area contributed by atoms with Crippen LogP contribution in [0.15, 0.2) is 53.6 Å². The molecule has 2 aliphatic rings. The first-order valence-corrected chi connectivity index (χ1v) is 14.6. The zero-order valence-electron chi connectivity index (χ0n) is 21.4. The monoisotopic (exact) mass is 520 g/mol. The molecule has 190 valence electrons. The molecule has 1 aromatic heterocycles. The van der Waals surface area contributed by atoms with Crippen molar-refractivity contribution in [3.63, 3.8) is 0 Å². The highest BCUT2D eigenvalue weighted by atomic mass is 32.2. The topological polar surface area (TPSA) is 66.0 Å². The summed E-state index contributed by atoms with van der Waals surface area (Å²) in [5.41, 5.74) is 4.46. The third-order valence-corrected chi connectivity index (χ3v) is 9.32. The molecule has 1 saturated carbocycles. The van der Waals surface area contributed by atoms with E-state index in [-0.39, 0.29) is 17.5 Å². The number of benzene rings is 2. The molecule has 5 rings (SSSR count). The van der Waals surface area contributed by atoms with E-state index in [0.717, 1.165) is 17.1 Å². The van der Waals surface area contributed by atoms with Crippen LogP contribution in [0, 0.1) is 0 Å². The van der Waals surface area contributed by atoms with Crippen molar-refractivity contribution in [2.75, 3.05) is 5.32 Å². The van der Waals surface area contributed by atoms with E-state index >= 15 is 0 Å². The number of nitrogens with zero attached hydrogens (tertiary/aromatic N) is 1. The van der Waals surface area contributed by atoms with E-state index in [4.69, 9.17) is 4.98 Å². The second-order valence-corrected chi connectivity index (χ2v) is 12.9. The molecule has 1 unspecified atom stereocenters. The second kappa shape index (κ2) is 11.1. The summed E-state index contributed by atoms with van der Waals surface area (Å²) in [6, 6.07) is 14.3. The fourth-order valence-corrected chi connectivity index (χ4v) is 7.00. The Morgan fingerprint density at radius 3 is 2.64 bits per heavy atom. The van der Waals surface area contributed by atoms with Gasteiger partial charge in [-0.15, -0.1) is 11.3 Å². The van der Waals surface area contributed by atoms with Gasteiger partial charge in [-0.2, -0.15) is 0 Å². The zero-order valence-corrected chi connectivity index (χ0v) is 23.0. The molecular weight excluding hydrogens is 484 g/mol. The molecule has 1 atom stereocenters. The maximum Gasteiger partial charge on any atom is 0.241 e. The lowest BCUT2D eigenvalue weighted by Crippen LogP contribution is -2.44. The minimum Gasteiger partial charge on any atom is -0.325 e. The van der Waals surface area contributed by atoms with Crippen LogP contribution in [-0.2, 0) is 17.8 Å². The van der Waals surface area contributed by atoms with Crippen LogP contribution in [0.4, 0.5) is 5.69 Å². The van der Waals surface area contributed by atoms with E-state index in [1.807, 2.05) is 29.7 Å². The minimum absolute atomic E-state index is 0.00867. The Balaban J connectivity index is 1.35. The number of hydrogen-bond donors (Lipinski definition) is 3. The van der Waals surface area contributed by atoms with Crippen LogP contribution < -0.4 is 15.4 Å². The Hall–Kier alpha value is -2.19. The van der Waals surface area contributed by atoms with Crippen LogP contribution in [0.3, 0.4) is 0 Å². The minimum atomic E-state index is -0.233. The van der Waals surface area contributed by atoms with Gasteiger partial charge in [-0.3, -0.25) is 9.52 Å². The summed E-state index contributed by atoms with van der Waals surface area (Å²) in [5, 5.41) is 7.82. The smallest absolute Gasteiger partial charge is 0.241 e. The fraction of sp³-hybridized carbons (Fsp3) is 0.448. The second-order valence-electron chi connectivity index (χ2n) is 11.0. The van der Waals surface area contributed by atoms with E-state index in [0.29, 0.717) is 12.3 Å². The zero-order chi connectivity index (χ0) is 25.1. The summed E-state index contributed by atoms with van der Waals surface area (Å²) in [4.78, 5) is 20.3. The molecular formula is C29H36N4OS2. The van der Waals surface area contributed by atoms with Gasteiger partial charge in [-0.05, 0) is 75.2 Å². The normalized spacial score (nSPS) is 18.6. The summed E-state index contributed by atoms with van der Waals surface area (Å²) in [6.45, 7) is 7.20. The maximum absolute atomic E-state index is 13.1. The number of aromatic nitrogens is 1. The fourth-order valence-electron chi connectivity index (χ4n) is 4.92. The Kier molecular flexibility index (Phi) is 7.82. The van der Waals surface area contributed by atoms with Gasteiger partial charge >= 0.3 is 0 Å². The number of fused-ring (bicyclic) bond motifs is 1. The molecule has 1 fully saturated rings. The molecule has 36 heavy (non-hydrogen) atoms. The van der Waals surface area contributed by atoms with Crippen molar-refractivity contribution < 1.29 is 4.79 Å². The molecule has 1 aliphatic carbocycles. The lowest BCUT2D eigenvalue weighted by atomic mass is 9.90. The van der Waals surface area contributed by atoms with Gasteiger partial charge in [-0.1, -0.05) is 49.6 Å². The standard InChI is InChI=1S/C29H36N4OS2/c1-29(2,3)33-36-25-16-22(32-27(34)24-15-20-11-7-8-12-21(20)17-30-24)13-14-23(25)26-18-31-28(35-26)19-9-5-4-6-10-19/h7-8,11-14,16,18-19,24,30,33H,4-6,9-10,15,17H2,1-3H3,(H,32,34). The first-order chi connectivity index (χ1) is 17.4. The van der Waals surface area contributed by atoms with Crippen molar-refractivity contribution in [2.45, 2.75) is 88.2 Å². The largest absolute Gasteiger partial charge is 0.325 e. The SMILES string of the molecule is CC(C)(C)NSc1cc(NC(=O)C2Cc3ccccc3CN2)ccc1-c1cnc(C2CCCCC2)s1. The Labute approximate surface area is 223 Å². The molecule has 3 N–H and O–H groups in total. The Morgan fingerprint density at radius 2 is 1.86 bits per heavy atom. The lowest BCUT2D eigenvalue weighted by Gasteiger charge is -2.25. The van der Waals surface area contributed by atoms with E-state index < -0.39 is 0 Å². The molecule has 0 saturated heterocycles. The predicted octanol–water partition coefficient (Wildman–Crippen LogP) is 6.91. The third-order valence-electron chi connectivity index (χ3n) is 6.86. The lowest BCUT2D eigenvalue weighted by molar-refractivity contribution is -0.118. The number of anilines is 1. The van der Waals surface area contributed by atoms with Gasteiger partial charge in [0.15, 0.2) is 0 Å². The maximum atomic E-state index is 13.1. The predicted molar refractivity (Wildman–Crippen MR) is 152 cm³/mol.